The number of esters is 1. The lowest BCUT2D eigenvalue weighted by Gasteiger charge is -2.32. The Morgan fingerprint density at radius 3 is 2.78 bits per heavy atom. The van der Waals surface area contributed by atoms with Crippen molar-refractivity contribution < 1.29 is 19.1 Å². The summed E-state index contributed by atoms with van der Waals surface area (Å²) in [4.78, 5) is 27.6. The SMILES string of the molecule is CC(C)OC(=O)[C@@H]1[C@@H]2C=C[C@@]3(CN(C4CCCCC4)C(=O)[C@@H]13)O2. The first-order valence-electron chi connectivity index (χ1n) is 8.90. The second-order valence-electron chi connectivity index (χ2n) is 7.64. The van der Waals surface area contributed by atoms with Gasteiger partial charge in [-0.15, -0.1) is 0 Å². The molecule has 4 aliphatic rings. The van der Waals surface area contributed by atoms with E-state index in [1.54, 1.807) is 0 Å². The number of rotatable bonds is 3. The summed E-state index contributed by atoms with van der Waals surface area (Å²) in [5.41, 5.74) is -0.597. The minimum Gasteiger partial charge on any atom is -0.463 e. The topological polar surface area (TPSA) is 55.8 Å². The van der Waals surface area contributed by atoms with E-state index in [-0.39, 0.29) is 24.1 Å². The predicted octanol–water partition coefficient (Wildman–Crippen LogP) is 2.05. The van der Waals surface area contributed by atoms with Crippen molar-refractivity contribution in [2.24, 2.45) is 11.8 Å². The van der Waals surface area contributed by atoms with Gasteiger partial charge in [0.15, 0.2) is 0 Å². The maximum absolute atomic E-state index is 13.1. The van der Waals surface area contributed by atoms with Crippen LogP contribution in [0.5, 0.6) is 0 Å². The third kappa shape index (κ3) is 2.24. The van der Waals surface area contributed by atoms with Crippen LogP contribution in [-0.4, -0.2) is 47.2 Å². The first-order chi connectivity index (χ1) is 11.0. The van der Waals surface area contributed by atoms with Crippen molar-refractivity contribution in [3.63, 3.8) is 0 Å². The molecule has 0 radical (unpaired) electrons. The largest absolute Gasteiger partial charge is 0.463 e. The first kappa shape index (κ1) is 15.2. The summed E-state index contributed by atoms with van der Waals surface area (Å²) in [6.07, 6.45) is 9.26. The number of hydrogen-bond donors (Lipinski definition) is 0. The molecule has 0 unspecified atom stereocenters. The number of ether oxygens (including phenoxy) is 2. The van der Waals surface area contributed by atoms with Crippen LogP contribution in [0.2, 0.25) is 0 Å². The van der Waals surface area contributed by atoms with Crippen LogP contribution in [0.15, 0.2) is 12.2 Å². The highest BCUT2D eigenvalue weighted by Gasteiger charge is 2.67. The molecule has 0 aromatic rings. The maximum Gasteiger partial charge on any atom is 0.313 e. The third-order valence-electron chi connectivity index (χ3n) is 5.77. The zero-order valence-electron chi connectivity index (χ0n) is 13.9. The van der Waals surface area contributed by atoms with Gasteiger partial charge >= 0.3 is 5.97 Å². The molecule has 0 aromatic heterocycles. The molecule has 3 aliphatic heterocycles. The number of carbonyl (C=O) groups is 2. The summed E-state index contributed by atoms with van der Waals surface area (Å²) in [7, 11) is 0. The second-order valence-corrected chi connectivity index (χ2v) is 7.64. The average Bonchev–Trinajstić information content (AvgIpc) is 3.16. The lowest BCUT2D eigenvalue weighted by atomic mass is 9.77. The molecule has 4 atom stereocenters. The van der Waals surface area contributed by atoms with E-state index in [4.69, 9.17) is 9.47 Å². The standard InChI is InChI=1S/C18H25NO4/c1-11(2)22-17(21)14-13-8-9-18(23-13)10-19(16(20)15(14)18)12-6-4-3-5-7-12/h8-9,11-15H,3-7,10H2,1-2H3/t13-,14+,15+,18-/m0/s1. The van der Waals surface area contributed by atoms with Crippen molar-refractivity contribution in [2.45, 2.75) is 69.8 Å². The van der Waals surface area contributed by atoms with Crippen molar-refractivity contribution in [1.29, 1.82) is 0 Å². The molecule has 3 heterocycles. The van der Waals surface area contributed by atoms with Crippen LogP contribution in [0, 0.1) is 11.8 Å². The Morgan fingerprint density at radius 1 is 1.35 bits per heavy atom. The van der Waals surface area contributed by atoms with Gasteiger partial charge in [-0.05, 0) is 26.7 Å². The summed E-state index contributed by atoms with van der Waals surface area (Å²) < 4.78 is 11.5. The van der Waals surface area contributed by atoms with Gasteiger partial charge in [0.25, 0.3) is 0 Å². The highest BCUT2D eigenvalue weighted by atomic mass is 16.6. The Hall–Kier alpha value is -1.36. The fraction of sp³-hybridized carbons (Fsp3) is 0.778. The number of amides is 1. The molecule has 1 aliphatic carbocycles. The Balaban J connectivity index is 1.59. The maximum atomic E-state index is 13.1. The molecule has 0 aromatic carbocycles. The average molecular weight is 319 g/mol. The summed E-state index contributed by atoms with van der Waals surface area (Å²) >= 11 is 0. The van der Waals surface area contributed by atoms with Gasteiger partial charge in [-0.25, -0.2) is 0 Å². The highest BCUT2D eigenvalue weighted by Crippen LogP contribution is 2.53. The molecule has 126 valence electrons. The smallest absolute Gasteiger partial charge is 0.313 e. The van der Waals surface area contributed by atoms with E-state index < -0.39 is 17.4 Å². The van der Waals surface area contributed by atoms with Gasteiger partial charge in [0.1, 0.15) is 11.5 Å². The Labute approximate surface area is 137 Å². The van der Waals surface area contributed by atoms with E-state index in [2.05, 4.69) is 0 Å². The van der Waals surface area contributed by atoms with Crippen LogP contribution in [0.1, 0.15) is 46.0 Å². The molecule has 1 saturated carbocycles. The monoisotopic (exact) mass is 319 g/mol. The Bertz CT molecular complexity index is 551. The van der Waals surface area contributed by atoms with Crippen LogP contribution >= 0.6 is 0 Å². The fourth-order valence-corrected chi connectivity index (χ4v) is 4.81. The van der Waals surface area contributed by atoms with E-state index in [1.807, 2.05) is 30.9 Å². The molecule has 5 heteroatoms. The third-order valence-corrected chi connectivity index (χ3v) is 5.77. The van der Waals surface area contributed by atoms with Gasteiger partial charge in [-0.1, -0.05) is 31.4 Å². The molecular formula is C18H25NO4. The summed E-state index contributed by atoms with van der Waals surface area (Å²) in [5, 5.41) is 0. The molecular weight excluding hydrogens is 294 g/mol. The van der Waals surface area contributed by atoms with Gasteiger partial charge in [-0.3, -0.25) is 9.59 Å². The van der Waals surface area contributed by atoms with Crippen molar-refractivity contribution in [2.75, 3.05) is 6.54 Å². The van der Waals surface area contributed by atoms with Crippen molar-refractivity contribution >= 4 is 11.9 Å². The minimum absolute atomic E-state index is 0.0921. The minimum atomic E-state index is -0.597. The van der Waals surface area contributed by atoms with Crippen LogP contribution < -0.4 is 0 Å². The molecule has 23 heavy (non-hydrogen) atoms. The number of likely N-dealkylation sites (tertiary alicyclic amines) is 1. The number of carbonyl (C=O) groups excluding carboxylic acids is 2. The van der Waals surface area contributed by atoms with Crippen LogP contribution in [0.25, 0.3) is 0 Å². The van der Waals surface area contributed by atoms with Gasteiger partial charge in [-0.2, -0.15) is 0 Å². The number of hydrogen-bond acceptors (Lipinski definition) is 4. The highest BCUT2D eigenvalue weighted by molar-refractivity contribution is 5.91. The molecule has 2 bridgehead atoms. The Kier molecular flexibility index (Phi) is 3.52. The summed E-state index contributed by atoms with van der Waals surface area (Å²) in [6.45, 7) is 4.27. The zero-order valence-corrected chi connectivity index (χ0v) is 13.9. The van der Waals surface area contributed by atoms with E-state index >= 15 is 0 Å². The van der Waals surface area contributed by atoms with Gasteiger partial charge in [0.05, 0.1) is 24.7 Å². The fourth-order valence-electron chi connectivity index (χ4n) is 4.81. The molecule has 1 amide bonds. The molecule has 3 fully saturated rings. The van der Waals surface area contributed by atoms with E-state index in [1.165, 1.54) is 19.3 Å². The second kappa shape index (κ2) is 5.33. The van der Waals surface area contributed by atoms with Crippen LogP contribution in [-0.2, 0) is 19.1 Å². The van der Waals surface area contributed by atoms with Crippen LogP contribution in [0.3, 0.4) is 0 Å². The predicted molar refractivity (Wildman–Crippen MR) is 83.5 cm³/mol. The quantitative estimate of drug-likeness (QED) is 0.590. The van der Waals surface area contributed by atoms with Gasteiger partial charge in [0.2, 0.25) is 5.91 Å². The molecule has 1 spiro atoms. The van der Waals surface area contributed by atoms with E-state index in [0.29, 0.717) is 12.6 Å². The van der Waals surface area contributed by atoms with E-state index in [9.17, 15) is 9.59 Å². The number of nitrogens with zero attached hydrogens (tertiary/aromatic N) is 1. The normalized spacial score (nSPS) is 39.3. The van der Waals surface area contributed by atoms with E-state index in [0.717, 1.165) is 12.8 Å². The molecule has 2 saturated heterocycles. The van der Waals surface area contributed by atoms with Gasteiger partial charge < -0.3 is 14.4 Å². The van der Waals surface area contributed by atoms with Crippen molar-refractivity contribution in [3.8, 4) is 0 Å². The number of fused-ring (bicyclic) bond motifs is 1. The van der Waals surface area contributed by atoms with Gasteiger partial charge in [0, 0.05) is 6.04 Å². The molecule has 4 rings (SSSR count). The molecule has 5 nitrogen and oxygen atoms in total. The van der Waals surface area contributed by atoms with Crippen molar-refractivity contribution in [3.05, 3.63) is 12.2 Å². The lowest BCUT2D eigenvalue weighted by Crippen LogP contribution is -2.42. The Morgan fingerprint density at radius 2 is 2.09 bits per heavy atom. The summed E-state index contributed by atoms with van der Waals surface area (Å²) in [6, 6.07) is 0.314. The lowest BCUT2D eigenvalue weighted by molar-refractivity contribution is -0.157. The van der Waals surface area contributed by atoms with Crippen LogP contribution in [0.4, 0.5) is 0 Å². The molecule has 0 N–H and O–H groups in total. The summed E-state index contributed by atoms with van der Waals surface area (Å²) in [5.74, 6) is -1.08. The zero-order chi connectivity index (χ0) is 16.2. The van der Waals surface area contributed by atoms with Crippen molar-refractivity contribution in [1.82, 2.24) is 4.90 Å². The first-order valence-corrected chi connectivity index (χ1v) is 8.90.